The van der Waals surface area contributed by atoms with Gasteiger partial charge in [-0.2, -0.15) is 0 Å². The average Bonchev–Trinajstić information content (AvgIpc) is 3.56. The van der Waals surface area contributed by atoms with Gasteiger partial charge in [-0.3, -0.25) is 24.0 Å². The number of benzene rings is 1. The van der Waals surface area contributed by atoms with Crippen LogP contribution in [0.5, 0.6) is 0 Å². The number of ether oxygens (including phenoxy) is 2. The van der Waals surface area contributed by atoms with Gasteiger partial charge in [0.05, 0.1) is 32.5 Å². The largest absolute Gasteiger partial charge is 0.467 e. The molecule has 0 spiro atoms. The molecule has 18 heteroatoms. The second-order valence-electron chi connectivity index (χ2n) is 11.1. The third kappa shape index (κ3) is 11.8. The summed E-state index contributed by atoms with van der Waals surface area (Å²) in [7, 11) is 1.09. The fourth-order valence-electron chi connectivity index (χ4n) is 4.63. The van der Waals surface area contributed by atoms with Gasteiger partial charge in [-0.05, 0) is 39.2 Å². The highest BCUT2D eigenvalue weighted by molar-refractivity contribution is 5.96. The summed E-state index contributed by atoms with van der Waals surface area (Å²) in [6.45, 7) is 2.41. The monoisotopic (exact) mass is 680 g/mol. The van der Waals surface area contributed by atoms with Gasteiger partial charge < -0.3 is 56.3 Å². The number of nitrogens with zero attached hydrogens (tertiary/aromatic N) is 1. The van der Waals surface area contributed by atoms with Crippen LogP contribution in [0.25, 0.3) is 0 Å². The maximum atomic E-state index is 13.0. The first kappa shape index (κ1) is 39.4. The van der Waals surface area contributed by atoms with Gasteiger partial charge in [-0.15, -0.1) is 0 Å². The van der Waals surface area contributed by atoms with Gasteiger partial charge in [0.2, 0.25) is 29.5 Å². The van der Waals surface area contributed by atoms with E-state index in [2.05, 4.69) is 31.3 Å². The minimum atomic E-state index is -1.57. The van der Waals surface area contributed by atoms with E-state index in [4.69, 9.17) is 4.74 Å². The lowest BCUT2D eigenvalue weighted by molar-refractivity contribution is -0.148. The van der Waals surface area contributed by atoms with Crippen molar-refractivity contribution < 1.29 is 58.4 Å². The van der Waals surface area contributed by atoms with Gasteiger partial charge in [0.1, 0.15) is 30.8 Å². The van der Waals surface area contributed by atoms with Crippen LogP contribution >= 0.6 is 0 Å². The van der Waals surface area contributed by atoms with Crippen LogP contribution < -0.4 is 26.6 Å². The number of amides is 6. The zero-order chi connectivity index (χ0) is 36.0. The lowest BCUT2D eigenvalue weighted by atomic mass is 10.1. The molecule has 0 bridgehead atoms. The highest BCUT2D eigenvalue weighted by Gasteiger charge is 2.37. The Kier molecular flexibility index (Phi) is 15.7. The summed E-state index contributed by atoms with van der Waals surface area (Å²) in [5.74, 6) is -4.96. The Morgan fingerprint density at radius 1 is 0.875 bits per heavy atom. The second kappa shape index (κ2) is 19.1. The van der Waals surface area contributed by atoms with E-state index >= 15 is 0 Å². The van der Waals surface area contributed by atoms with Crippen molar-refractivity contribution in [1.29, 1.82) is 0 Å². The predicted octanol–water partition coefficient (Wildman–Crippen LogP) is -3.21. The minimum absolute atomic E-state index is 0.105. The molecular formula is C30H44N6O12. The number of hydrogen-bond donors (Lipinski definition) is 8. The predicted molar refractivity (Wildman–Crippen MR) is 165 cm³/mol. The standard InChI is InChI=1S/C30H44N6O12/c1-16(25(41)34-24(18(3)39)29(45)47-4)32-27(43)21-11-8-12-36(21)22(40)13-31-26(42)20(14-37)33-28(44)23(17(2)38)35-30(46)48-15-19-9-6-5-7-10-19/h5-7,9-10,16-18,20-21,23-24,37-39H,8,11-15H2,1-4H3,(H,31,42)(H,32,43)(H,33,44)(H,34,41)(H,35,46)/t16-,17?,18?,20-,21?,23-,24-/m0/s1. The van der Waals surface area contributed by atoms with E-state index in [0.717, 1.165) is 7.11 Å². The van der Waals surface area contributed by atoms with Gasteiger partial charge >= 0.3 is 12.1 Å². The quantitative estimate of drug-likeness (QED) is 0.0803. The molecule has 0 aromatic heterocycles. The smallest absolute Gasteiger partial charge is 0.408 e. The Bertz CT molecular complexity index is 1290. The van der Waals surface area contributed by atoms with Crippen molar-refractivity contribution in [2.75, 3.05) is 26.8 Å². The molecule has 1 aromatic rings. The van der Waals surface area contributed by atoms with Crippen molar-refractivity contribution in [3.05, 3.63) is 35.9 Å². The first-order valence-corrected chi connectivity index (χ1v) is 15.2. The summed E-state index contributed by atoms with van der Waals surface area (Å²) < 4.78 is 9.61. The summed E-state index contributed by atoms with van der Waals surface area (Å²) in [4.78, 5) is 89.2. The molecule has 1 aliphatic rings. The molecule has 0 radical (unpaired) electrons. The van der Waals surface area contributed by atoms with E-state index in [9.17, 15) is 48.9 Å². The van der Waals surface area contributed by atoms with E-state index < -0.39 is 97.2 Å². The van der Waals surface area contributed by atoms with Crippen molar-refractivity contribution in [3.8, 4) is 0 Å². The number of hydrogen-bond acceptors (Lipinski definition) is 12. The van der Waals surface area contributed by atoms with E-state index in [1.165, 1.54) is 25.7 Å². The Morgan fingerprint density at radius 2 is 1.52 bits per heavy atom. The minimum Gasteiger partial charge on any atom is -0.467 e. The number of methoxy groups -OCH3 is 1. The number of carbonyl (C=O) groups excluding carboxylic acids is 7. The van der Waals surface area contributed by atoms with E-state index in [1.54, 1.807) is 30.3 Å². The van der Waals surface area contributed by atoms with Crippen LogP contribution in [-0.4, -0.2) is 131 Å². The summed E-state index contributed by atoms with van der Waals surface area (Å²) in [5, 5.41) is 41.0. The highest BCUT2D eigenvalue weighted by atomic mass is 16.5. The first-order valence-electron chi connectivity index (χ1n) is 15.2. The van der Waals surface area contributed by atoms with Crippen LogP contribution in [0.4, 0.5) is 4.79 Å². The Labute approximate surface area is 276 Å². The molecule has 1 heterocycles. The summed E-state index contributed by atoms with van der Waals surface area (Å²) in [6.07, 6.45) is -3.00. The number of esters is 1. The normalized spacial score (nSPS) is 17.7. The van der Waals surface area contributed by atoms with Crippen LogP contribution in [0, 0.1) is 0 Å². The molecule has 1 saturated heterocycles. The van der Waals surface area contributed by atoms with Gasteiger partial charge in [0.15, 0.2) is 6.04 Å². The number of nitrogens with one attached hydrogen (secondary N) is 5. The molecule has 6 amide bonds. The second-order valence-corrected chi connectivity index (χ2v) is 11.1. The van der Waals surface area contributed by atoms with Crippen molar-refractivity contribution in [1.82, 2.24) is 31.5 Å². The number of likely N-dealkylation sites (tertiary alicyclic amines) is 1. The molecule has 1 aliphatic heterocycles. The molecule has 2 rings (SSSR count). The van der Waals surface area contributed by atoms with Crippen molar-refractivity contribution in [2.45, 2.75) is 82.6 Å². The summed E-state index contributed by atoms with van der Waals surface area (Å²) in [5.41, 5.74) is 0.680. The fraction of sp³-hybridized carbons (Fsp3) is 0.567. The number of rotatable bonds is 16. The van der Waals surface area contributed by atoms with Crippen LogP contribution in [0.15, 0.2) is 30.3 Å². The molecule has 0 aliphatic carbocycles. The number of alkyl carbamates (subject to hydrolysis) is 1. The number of aliphatic hydroxyl groups excluding tert-OH is 3. The average molecular weight is 681 g/mol. The van der Waals surface area contributed by atoms with Crippen molar-refractivity contribution in [2.24, 2.45) is 0 Å². The van der Waals surface area contributed by atoms with E-state index in [1.807, 2.05) is 0 Å². The third-order valence-corrected chi connectivity index (χ3v) is 7.34. The molecule has 1 aromatic carbocycles. The molecular weight excluding hydrogens is 636 g/mol. The van der Waals surface area contributed by atoms with E-state index in [-0.39, 0.29) is 19.6 Å². The lowest BCUT2D eigenvalue weighted by Gasteiger charge is -2.27. The van der Waals surface area contributed by atoms with Gasteiger partial charge in [-0.1, -0.05) is 30.3 Å². The fourth-order valence-corrected chi connectivity index (χ4v) is 4.63. The highest BCUT2D eigenvalue weighted by Crippen LogP contribution is 2.17. The number of carbonyl (C=O) groups is 7. The number of aliphatic hydroxyl groups is 3. The Morgan fingerprint density at radius 3 is 2.10 bits per heavy atom. The molecule has 1 fully saturated rings. The topological polar surface area (TPSA) is 262 Å². The molecule has 48 heavy (non-hydrogen) atoms. The summed E-state index contributed by atoms with van der Waals surface area (Å²) in [6, 6.07) is 2.08. The van der Waals surface area contributed by atoms with Gasteiger partial charge in [0.25, 0.3) is 0 Å². The third-order valence-electron chi connectivity index (χ3n) is 7.34. The summed E-state index contributed by atoms with van der Waals surface area (Å²) >= 11 is 0. The lowest BCUT2D eigenvalue weighted by Crippen LogP contribution is -2.59. The van der Waals surface area contributed by atoms with Crippen molar-refractivity contribution >= 4 is 41.6 Å². The SMILES string of the molecule is COC(=O)[C@@H](NC(=O)[C@H](C)NC(=O)C1CCCN1C(=O)CNC(=O)[C@H](CO)NC(=O)[C@@H](NC(=O)OCc1ccccc1)C(C)O)C(C)O. The maximum absolute atomic E-state index is 13.0. The van der Waals surface area contributed by atoms with E-state index in [0.29, 0.717) is 12.0 Å². The Balaban J connectivity index is 1.91. The van der Waals surface area contributed by atoms with Gasteiger partial charge in [0, 0.05) is 6.54 Å². The zero-order valence-electron chi connectivity index (χ0n) is 27.1. The van der Waals surface area contributed by atoms with Crippen LogP contribution in [0.2, 0.25) is 0 Å². The Hall–Kier alpha value is -4.81. The van der Waals surface area contributed by atoms with Crippen molar-refractivity contribution in [3.63, 3.8) is 0 Å². The molecule has 7 atom stereocenters. The zero-order valence-corrected chi connectivity index (χ0v) is 27.1. The van der Waals surface area contributed by atoms with Crippen LogP contribution in [-0.2, 0) is 44.8 Å². The van der Waals surface area contributed by atoms with Crippen LogP contribution in [0.1, 0.15) is 39.2 Å². The molecule has 3 unspecified atom stereocenters. The van der Waals surface area contributed by atoms with Crippen LogP contribution in [0.3, 0.4) is 0 Å². The molecule has 8 N–H and O–H groups in total. The molecule has 18 nitrogen and oxygen atoms in total. The first-order chi connectivity index (χ1) is 22.7. The maximum Gasteiger partial charge on any atom is 0.408 e. The van der Waals surface area contributed by atoms with Gasteiger partial charge in [-0.25, -0.2) is 9.59 Å². The molecule has 266 valence electrons. The molecule has 0 saturated carbocycles.